The number of hydrogen-bond acceptors (Lipinski definition) is 4. The predicted molar refractivity (Wildman–Crippen MR) is 59.4 cm³/mol. The zero-order chi connectivity index (χ0) is 13.3. The molecule has 1 aliphatic rings. The minimum absolute atomic E-state index is 0.317. The largest absolute Gasteiger partial charge is 0.480 e. The lowest BCUT2D eigenvalue weighted by Crippen LogP contribution is -2.59. The Kier molecular flexibility index (Phi) is 2.77. The Morgan fingerprint density at radius 1 is 1.33 bits per heavy atom. The molecule has 0 saturated heterocycles. The van der Waals surface area contributed by atoms with Crippen LogP contribution in [0.5, 0.6) is 0 Å². The van der Waals surface area contributed by atoms with E-state index in [-0.39, 0.29) is 5.56 Å². The van der Waals surface area contributed by atoms with Crippen LogP contribution >= 0.6 is 0 Å². The molecule has 1 fully saturated rings. The van der Waals surface area contributed by atoms with Crippen LogP contribution in [-0.2, 0) is 4.79 Å². The number of carboxylic acid groups (broad SMARTS) is 1. The minimum Gasteiger partial charge on any atom is -0.480 e. The molecular formula is C10H11N3O5. The number of H-pyrrole nitrogens is 2. The molecule has 0 radical (unpaired) electrons. The van der Waals surface area contributed by atoms with Crippen LogP contribution < -0.4 is 16.6 Å². The first-order valence-corrected chi connectivity index (χ1v) is 5.32. The van der Waals surface area contributed by atoms with Gasteiger partial charge in [0, 0.05) is 6.20 Å². The highest BCUT2D eigenvalue weighted by atomic mass is 16.4. The van der Waals surface area contributed by atoms with Gasteiger partial charge in [-0.1, -0.05) is 0 Å². The molecule has 1 amide bonds. The summed E-state index contributed by atoms with van der Waals surface area (Å²) < 4.78 is 0. The molecule has 2 rings (SSSR count). The van der Waals surface area contributed by atoms with Crippen LogP contribution in [0.3, 0.4) is 0 Å². The molecule has 1 heterocycles. The molecule has 0 bridgehead atoms. The molecule has 0 aromatic carbocycles. The SMILES string of the molecule is O=C(NC1(C(=O)O)CCC1)c1c[nH]c(=O)[nH]c1=O. The van der Waals surface area contributed by atoms with Gasteiger partial charge >= 0.3 is 11.7 Å². The van der Waals surface area contributed by atoms with Gasteiger partial charge in [-0.15, -0.1) is 0 Å². The molecule has 96 valence electrons. The number of aliphatic carboxylic acids is 1. The first-order valence-electron chi connectivity index (χ1n) is 5.32. The number of carbonyl (C=O) groups excluding carboxylic acids is 1. The third-order valence-corrected chi connectivity index (χ3v) is 3.03. The van der Waals surface area contributed by atoms with Crippen molar-refractivity contribution in [2.45, 2.75) is 24.8 Å². The van der Waals surface area contributed by atoms with Gasteiger partial charge in [0.15, 0.2) is 0 Å². The second-order valence-electron chi connectivity index (χ2n) is 4.18. The van der Waals surface area contributed by atoms with Gasteiger partial charge in [-0.25, -0.2) is 9.59 Å². The molecule has 0 aliphatic heterocycles. The molecule has 0 atom stereocenters. The highest BCUT2D eigenvalue weighted by molar-refractivity contribution is 5.97. The topological polar surface area (TPSA) is 132 Å². The average molecular weight is 253 g/mol. The Bertz CT molecular complexity index is 610. The van der Waals surface area contributed by atoms with E-state index in [1.165, 1.54) is 0 Å². The fraction of sp³-hybridized carbons (Fsp3) is 0.400. The smallest absolute Gasteiger partial charge is 0.329 e. The Labute approximate surface area is 100 Å². The lowest BCUT2D eigenvalue weighted by atomic mass is 9.76. The number of carbonyl (C=O) groups is 2. The number of rotatable bonds is 3. The van der Waals surface area contributed by atoms with E-state index in [2.05, 4.69) is 10.3 Å². The van der Waals surface area contributed by atoms with E-state index in [0.717, 1.165) is 6.20 Å². The van der Waals surface area contributed by atoms with Crippen molar-refractivity contribution in [3.8, 4) is 0 Å². The summed E-state index contributed by atoms with van der Waals surface area (Å²) in [5.41, 5.74) is -3.19. The van der Waals surface area contributed by atoms with E-state index < -0.39 is 28.7 Å². The highest BCUT2D eigenvalue weighted by Crippen LogP contribution is 2.32. The predicted octanol–water partition coefficient (Wildman–Crippen LogP) is -1.20. The second kappa shape index (κ2) is 4.13. The van der Waals surface area contributed by atoms with Gasteiger partial charge in [0.1, 0.15) is 11.1 Å². The van der Waals surface area contributed by atoms with Crippen molar-refractivity contribution in [2.24, 2.45) is 0 Å². The molecule has 4 N–H and O–H groups in total. The maximum Gasteiger partial charge on any atom is 0.329 e. The third-order valence-electron chi connectivity index (χ3n) is 3.03. The highest BCUT2D eigenvalue weighted by Gasteiger charge is 2.46. The zero-order valence-corrected chi connectivity index (χ0v) is 9.28. The first kappa shape index (κ1) is 12.1. The number of amides is 1. The number of aromatic nitrogens is 2. The van der Waals surface area contributed by atoms with Gasteiger partial charge in [0.05, 0.1) is 0 Å². The van der Waals surface area contributed by atoms with Gasteiger partial charge in [-0.05, 0) is 19.3 Å². The third kappa shape index (κ3) is 1.92. The van der Waals surface area contributed by atoms with Crippen molar-refractivity contribution in [3.63, 3.8) is 0 Å². The number of carboxylic acids is 1. The van der Waals surface area contributed by atoms with Gasteiger partial charge in [0.2, 0.25) is 0 Å². The molecular weight excluding hydrogens is 242 g/mol. The Hall–Kier alpha value is -2.38. The number of nitrogens with one attached hydrogen (secondary N) is 3. The fourth-order valence-electron chi connectivity index (χ4n) is 1.79. The fourth-order valence-corrected chi connectivity index (χ4v) is 1.79. The first-order chi connectivity index (χ1) is 8.44. The summed E-state index contributed by atoms with van der Waals surface area (Å²) in [5, 5.41) is 11.4. The van der Waals surface area contributed by atoms with Gasteiger partial charge in [-0.3, -0.25) is 14.6 Å². The molecule has 8 heteroatoms. The van der Waals surface area contributed by atoms with E-state index in [1.807, 2.05) is 4.98 Å². The van der Waals surface area contributed by atoms with Crippen LogP contribution in [0.4, 0.5) is 0 Å². The van der Waals surface area contributed by atoms with E-state index >= 15 is 0 Å². The average Bonchev–Trinajstić information content (AvgIpc) is 2.22. The Balaban J connectivity index is 2.25. The molecule has 0 unspecified atom stereocenters. The van der Waals surface area contributed by atoms with E-state index in [4.69, 9.17) is 5.11 Å². The van der Waals surface area contributed by atoms with Gasteiger partial charge in [-0.2, -0.15) is 0 Å². The molecule has 18 heavy (non-hydrogen) atoms. The maximum absolute atomic E-state index is 11.8. The van der Waals surface area contributed by atoms with Crippen LogP contribution in [-0.4, -0.2) is 32.5 Å². The summed E-state index contributed by atoms with van der Waals surface area (Å²) in [6, 6.07) is 0. The van der Waals surface area contributed by atoms with Crippen molar-refractivity contribution < 1.29 is 14.7 Å². The second-order valence-corrected chi connectivity index (χ2v) is 4.18. The van der Waals surface area contributed by atoms with Crippen molar-refractivity contribution >= 4 is 11.9 Å². The van der Waals surface area contributed by atoms with E-state index in [0.29, 0.717) is 19.3 Å². The quantitative estimate of drug-likeness (QED) is 0.537. The van der Waals surface area contributed by atoms with Crippen LogP contribution in [0.1, 0.15) is 29.6 Å². The van der Waals surface area contributed by atoms with Gasteiger partial charge < -0.3 is 15.4 Å². The van der Waals surface area contributed by atoms with Crippen molar-refractivity contribution in [1.82, 2.24) is 15.3 Å². The van der Waals surface area contributed by atoms with Crippen LogP contribution in [0.15, 0.2) is 15.8 Å². The molecule has 1 aromatic heterocycles. The molecule has 1 saturated carbocycles. The molecule has 1 aromatic rings. The normalized spacial score (nSPS) is 16.7. The summed E-state index contributed by atoms with van der Waals surface area (Å²) in [5.74, 6) is -1.93. The minimum atomic E-state index is -1.29. The van der Waals surface area contributed by atoms with E-state index in [1.54, 1.807) is 0 Å². The summed E-state index contributed by atoms with van der Waals surface area (Å²) in [6.45, 7) is 0. The zero-order valence-electron chi connectivity index (χ0n) is 9.28. The van der Waals surface area contributed by atoms with Crippen LogP contribution in [0.2, 0.25) is 0 Å². The monoisotopic (exact) mass is 253 g/mol. The summed E-state index contributed by atoms with van der Waals surface area (Å²) in [4.78, 5) is 49.0. The summed E-state index contributed by atoms with van der Waals surface area (Å²) in [7, 11) is 0. The molecule has 1 aliphatic carbocycles. The standard InChI is InChI=1S/C10H11N3O5/c14-6-5(4-11-9(18)12-6)7(15)13-10(8(16)17)2-1-3-10/h4H,1-3H2,(H,13,15)(H,16,17)(H2,11,12,14,18). The van der Waals surface area contributed by atoms with Crippen molar-refractivity contribution in [1.29, 1.82) is 0 Å². The summed E-state index contributed by atoms with van der Waals surface area (Å²) in [6.07, 6.45) is 2.32. The summed E-state index contributed by atoms with van der Waals surface area (Å²) >= 11 is 0. The Morgan fingerprint density at radius 2 is 2.00 bits per heavy atom. The Morgan fingerprint density at radius 3 is 2.44 bits per heavy atom. The van der Waals surface area contributed by atoms with Crippen LogP contribution in [0.25, 0.3) is 0 Å². The molecule has 0 spiro atoms. The van der Waals surface area contributed by atoms with E-state index in [9.17, 15) is 19.2 Å². The van der Waals surface area contributed by atoms with Crippen molar-refractivity contribution in [3.05, 3.63) is 32.6 Å². The van der Waals surface area contributed by atoms with Crippen LogP contribution in [0, 0.1) is 0 Å². The number of hydrogen-bond donors (Lipinski definition) is 4. The lowest BCUT2D eigenvalue weighted by molar-refractivity contribution is -0.148. The van der Waals surface area contributed by atoms with Gasteiger partial charge in [0.25, 0.3) is 11.5 Å². The molecule has 8 nitrogen and oxygen atoms in total. The maximum atomic E-state index is 11.8. The number of aromatic amines is 2. The van der Waals surface area contributed by atoms with Crippen molar-refractivity contribution in [2.75, 3.05) is 0 Å². The lowest BCUT2D eigenvalue weighted by Gasteiger charge is -2.38.